The fourth-order valence-corrected chi connectivity index (χ4v) is 5.12. The Bertz CT molecular complexity index is 1570. The van der Waals surface area contributed by atoms with Crippen LogP contribution in [0.5, 0.6) is 0 Å². The van der Waals surface area contributed by atoms with Crippen molar-refractivity contribution in [3.8, 4) is 17.1 Å². The number of aromatic nitrogens is 4. The molecule has 2 aromatic heterocycles. The number of fused-ring (bicyclic) bond motifs is 1. The second-order valence-electron chi connectivity index (χ2n) is 9.38. The van der Waals surface area contributed by atoms with Gasteiger partial charge < -0.3 is 19.5 Å². The number of anilines is 1. The van der Waals surface area contributed by atoms with Gasteiger partial charge in [0.15, 0.2) is 0 Å². The molecule has 192 valence electrons. The van der Waals surface area contributed by atoms with Crippen LogP contribution < -0.4 is 10.6 Å². The van der Waals surface area contributed by atoms with E-state index in [1.165, 1.54) is 15.5 Å². The molecule has 0 saturated carbocycles. The molecule has 0 spiro atoms. The summed E-state index contributed by atoms with van der Waals surface area (Å²) in [5.74, 6) is 0.349. The molecule has 9 nitrogen and oxygen atoms in total. The van der Waals surface area contributed by atoms with Crippen LogP contribution in [-0.2, 0) is 0 Å². The van der Waals surface area contributed by atoms with Crippen LogP contribution in [-0.4, -0.2) is 60.9 Å². The van der Waals surface area contributed by atoms with Crippen molar-refractivity contribution in [2.24, 2.45) is 0 Å². The second kappa shape index (κ2) is 9.51. The minimum Gasteiger partial charge on any atom is -0.465 e. The molecule has 1 N–H and O–H groups in total. The van der Waals surface area contributed by atoms with Gasteiger partial charge in [-0.05, 0) is 39.0 Å². The van der Waals surface area contributed by atoms with E-state index in [4.69, 9.17) is 11.6 Å². The average Bonchev–Trinajstić information content (AvgIpc) is 3.34. The van der Waals surface area contributed by atoms with Gasteiger partial charge in [-0.1, -0.05) is 29.8 Å². The SMILES string of the molecule is CC1CN(C(=O)O)CCN1c1nc(=O)n(-c2nccn2C(C)C)c2cc(-c3ccccc3F)c(Cl)cc12. The molecule has 1 amide bonds. The first-order chi connectivity index (χ1) is 17.7. The largest absolute Gasteiger partial charge is 0.465 e. The van der Waals surface area contributed by atoms with Crippen molar-refractivity contribution in [2.45, 2.75) is 32.9 Å². The number of rotatable bonds is 4. The van der Waals surface area contributed by atoms with Crippen LogP contribution in [0.15, 0.2) is 53.6 Å². The summed E-state index contributed by atoms with van der Waals surface area (Å²) in [5.41, 5.74) is 0.662. The predicted octanol–water partition coefficient (Wildman–Crippen LogP) is 4.81. The number of halogens is 2. The van der Waals surface area contributed by atoms with Crippen LogP contribution in [0.1, 0.15) is 26.8 Å². The molecule has 0 bridgehead atoms. The van der Waals surface area contributed by atoms with Crippen molar-refractivity contribution in [1.82, 2.24) is 24.0 Å². The Morgan fingerprint density at radius 3 is 2.62 bits per heavy atom. The highest BCUT2D eigenvalue weighted by Crippen LogP contribution is 2.37. The van der Waals surface area contributed by atoms with Crippen molar-refractivity contribution >= 4 is 34.4 Å². The van der Waals surface area contributed by atoms with Crippen molar-refractivity contribution in [3.05, 3.63) is 70.1 Å². The van der Waals surface area contributed by atoms with E-state index in [9.17, 15) is 19.1 Å². The number of benzene rings is 2. The lowest BCUT2D eigenvalue weighted by atomic mass is 10.0. The van der Waals surface area contributed by atoms with Crippen molar-refractivity contribution in [3.63, 3.8) is 0 Å². The highest BCUT2D eigenvalue weighted by Gasteiger charge is 2.30. The molecule has 5 rings (SSSR count). The Morgan fingerprint density at radius 1 is 1.19 bits per heavy atom. The lowest BCUT2D eigenvalue weighted by molar-refractivity contribution is 0.136. The third-order valence-electron chi connectivity index (χ3n) is 6.70. The minimum absolute atomic E-state index is 0.0154. The van der Waals surface area contributed by atoms with Gasteiger partial charge in [0.05, 0.1) is 5.52 Å². The fraction of sp³-hybridized carbons (Fsp3) is 0.308. The molecule has 11 heteroatoms. The van der Waals surface area contributed by atoms with E-state index in [1.54, 1.807) is 42.7 Å². The normalized spacial score (nSPS) is 16.1. The first-order valence-corrected chi connectivity index (χ1v) is 12.3. The fourth-order valence-electron chi connectivity index (χ4n) is 4.86. The van der Waals surface area contributed by atoms with Gasteiger partial charge in [0.2, 0.25) is 5.95 Å². The quantitative estimate of drug-likeness (QED) is 0.411. The minimum atomic E-state index is -0.988. The van der Waals surface area contributed by atoms with Crippen LogP contribution in [0, 0.1) is 5.82 Å². The molecule has 4 aromatic rings. The predicted molar refractivity (Wildman–Crippen MR) is 140 cm³/mol. The van der Waals surface area contributed by atoms with Gasteiger partial charge in [-0.25, -0.2) is 23.5 Å². The maximum atomic E-state index is 14.8. The van der Waals surface area contributed by atoms with E-state index in [-0.39, 0.29) is 25.2 Å². The summed E-state index contributed by atoms with van der Waals surface area (Å²) >= 11 is 6.71. The van der Waals surface area contributed by atoms with Gasteiger partial charge >= 0.3 is 11.8 Å². The molecule has 0 radical (unpaired) electrons. The molecule has 1 unspecified atom stereocenters. The van der Waals surface area contributed by atoms with Crippen LogP contribution >= 0.6 is 11.6 Å². The molecule has 1 atom stereocenters. The van der Waals surface area contributed by atoms with Gasteiger partial charge in [0.25, 0.3) is 0 Å². The van der Waals surface area contributed by atoms with Crippen molar-refractivity contribution in [1.29, 1.82) is 0 Å². The summed E-state index contributed by atoms with van der Waals surface area (Å²) in [4.78, 5) is 37.3. The van der Waals surface area contributed by atoms with E-state index in [0.717, 1.165) is 0 Å². The molecule has 1 aliphatic rings. The van der Waals surface area contributed by atoms with Crippen molar-refractivity contribution in [2.75, 3.05) is 24.5 Å². The van der Waals surface area contributed by atoms with Gasteiger partial charge in [-0.3, -0.25) is 0 Å². The molecule has 37 heavy (non-hydrogen) atoms. The number of nitrogens with zero attached hydrogens (tertiary/aromatic N) is 6. The summed E-state index contributed by atoms with van der Waals surface area (Å²) < 4.78 is 18.1. The van der Waals surface area contributed by atoms with Crippen LogP contribution in [0.25, 0.3) is 28.0 Å². The molecule has 1 saturated heterocycles. The Kier molecular flexibility index (Phi) is 6.36. The number of piperazine rings is 1. The number of hydrogen-bond acceptors (Lipinski definition) is 5. The standard InChI is InChI=1S/C26H26ClFN6O3/c1-15(2)32-9-8-29-24(32)34-22-13-18(17-6-4-5-7-21(17)28)20(27)12-19(22)23(30-25(34)35)33-11-10-31(26(36)37)14-16(33)3/h4-9,12-13,15-16H,10-11,14H2,1-3H3,(H,36,37). The lowest BCUT2D eigenvalue weighted by Gasteiger charge is -2.39. The smallest absolute Gasteiger partial charge is 0.407 e. The zero-order valence-electron chi connectivity index (χ0n) is 20.6. The molecule has 0 aliphatic carbocycles. The summed E-state index contributed by atoms with van der Waals surface area (Å²) in [6, 6.07) is 9.48. The maximum absolute atomic E-state index is 14.8. The third kappa shape index (κ3) is 4.31. The highest BCUT2D eigenvalue weighted by atomic mass is 35.5. The molecule has 2 aromatic carbocycles. The summed E-state index contributed by atoms with van der Waals surface area (Å²) in [5, 5.41) is 10.3. The highest BCUT2D eigenvalue weighted by molar-refractivity contribution is 6.34. The van der Waals surface area contributed by atoms with Crippen molar-refractivity contribution < 1.29 is 14.3 Å². The van der Waals surface area contributed by atoms with Crippen LogP contribution in [0.2, 0.25) is 5.02 Å². The van der Waals surface area contributed by atoms with Crippen LogP contribution in [0.4, 0.5) is 15.0 Å². The second-order valence-corrected chi connectivity index (χ2v) is 9.79. The zero-order chi connectivity index (χ0) is 26.4. The van der Waals surface area contributed by atoms with Gasteiger partial charge in [-0.15, -0.1) is 0 Å². The number of carboxylic acid groups (broad SMARTS) is 1. The van der Waals surface area contributed by atoms with E-state index in [1.807, 2.05) is 30.2 Å². The van der Waals surface area contributed by atoms with Gasteiger partial charge in [0.1, 0.15) is 11.6 Å². The molecular weight excluding hydrogens is 499 g/mol. The maximum Gasteiger partial charge on any atom is 0.407 e. The van der Waals surface area contributed by atoms with Gasteiger partial charge in [0, 0.05) is 65.6 Å². The zero-order valence-corrected chi connectivity index (χ0v) is 21.4. The molecule has 3 heterocycles. The Balaban J connectivity index is 1.79. The first kappa shape index (κ1) is 24.8. The Labute approximate surface area is 217 Å². The van der Waals surface area contributed by atoms with Gasteiger partial charge in [-0.2, -0.15) is 4.98 Å². The van der Waals surface area contributed by atoms with E-state index < -0.39 is 17.6 Å². The van der Waals surface area contributed by atoms with E-state index in [2.05, 4.69) is 9.97 Å². The van der Waals surface area contributed by atoms with E-state index in [0.29, 0.717) is 45.4 Å². The number of hydrogen-bond donors (Lipinski definition) is 1. The summed E-state index contributed by atoms with van der Waals surface area (Å²) in [7, 11) is 0. The molecular formula is C26H26ClFN6O3. The number of imidazole rings is 1. The summed E-state index contributed by atoms with van der Waals surface area (Å²) in [6.07, 6.45) is 2.41. The van der Waals surface area contributed by atoms with E-state index >= 15 is 0 Å². The van der Waals surface area contributed by atoms with Crippen LogP contribution in [0.3, 0.4) is 0 Å². The Morgan fingerprint density at radius 2 is 1.95 bits per heavy atom. The third-order valence-corrected chi connectivity index (χ3v) is 7.01. The monoisotopic (exact) mass is 524 g/mol. The molecule has 1 aliphatic heterocycles. The topological polar surface area (TPSA) is 96.5 Å². The number of carbonyl (C=O) groups is 1. The lowest BCUT2D eigenvalue weighted by Crippen LogP contribution is -2.54. The Hall–Kier alpha value is -3.92. The molecule has 1 fully saturated rings. The first-order valence-electron chi connectivity index (χ1n) is 12.0. The summed E-state index contributed by atoms with van der Waals surface area (Å²) in [6.45, 7) is 6.73. The number of amides is 1. The average molecular weight is 525 g/mol.